The molecule has 0 saturated heterocycles. The van der Waals surface area contributed by atoms with Crippen LogP contribution in [-0.4, -0.2) is 25.2 Å². The summed E-state index contributed by atoms with van der Waals surface area (Å²) in [6.07, 6.45) is 6.62. The smallest absolute Gasteiger partial charge is 0.255 e. The van der Waals surface area contributed by atoms with Gasteiger partial charge < -0.3 is 9.88 Å². The molecule has 4 aromatic rings. The summed E-state index contributed by atoms with van der Waals surface area (Å²) in [7, 11) is 1.84. The summed E-state index contributed by atoms with van der Waals surface area (Å²) in [4.78, 5) is 17.3. The average molecular weight is 424 g/mol. The lowest BCUT2D eigenvalue weighted by molar-refractivity contribution is 0.0941. The molecule has 2 heterocycles. The van der Waals surface area contributed by atoms with Gasteiger partial charge in [-0.25, -0.2) is 9.37 Å². The Morgan fingerprint density at radius 1 is 1.20 bits per heavy atom. The summed E-state index contributed by atoms with van der Waals surface area (Å²) in [5.74, 6) is -0.0133. The molecule has 6 nitrogen and oxygen atoms in total. The standard InChI is InChI=1S/C22H19ClFN5O/c1-28-11-10-25-21(28)20(15-6-8-18(24)9-7-15)27-22(30)17-12-26-29(14-17)13-16-4-2-3-5-19(16)23/h2-12,14,20H,13H2,1H3,(H,27,30). The van der Waals surface area contributed by atoms with E-state index in [1.54, 1.807) is 35.4 Å². The first-order chi connectivity index (χ1) is 14.5. The maximum atomic E-state index is 13.4. The topological polar surface area (TPSA) is 64.7 Å². The Morgan fingerprint density at radius 3 is 2.67 bits per heavy atom. The van der Waals surface area contributed by atoms with Crippen LogP contribution in [0.3, 0.4) is 0 Å². The molecule has 2 aromatic heterocycles. The lowest BCUT2D eigenvalue weighted by atomic mass is 10.1. The van der Waals surface area contributed by atoms with Crippen molar-refractivity contribution in [2.24, 2.45) is 7.05 Å². The van der Waals surface area contributed by atoms with Gasteiger partial charge in [0.15, 0.2) is 0 Å². The number of halogens is 2. The highest BCUT2D eigenvalue weighted by Crippen LogP contribution is 2.22. The number of aromatic nitrogens is 4. The third-order valence-electron chi connectivity index (χ3n) is 4.78. The predicted molar refractivity (Wildman–Crippen MR) is 112 cm³/mol. The quantitative estimate of drug-likeness (QED) is 0.510. The number of imidazole rings is 1. The minimum Gasteiger partial charge on any atom is -0.338 e. The van der Waals surface area contributed by atoms with Gasteiger partial charge in [0.1, 0.15) is 17.7 Å². The SMILES string of the molecule is Cn1ccnc1C(NC(=O)c1cnn(Cc2ccccc2Cl)c1)c1ccc(F)cc1. The van der Waals surface area contributed by atoms with Crippen LogP contribution in [0.5, 0.6) is 0 Å². The highest BCUT2D eigenvalue weighted by atomic mass is 35.5. The number of nitrogens with one attached hydrogen (secondary N) is 1. The minimum absolute atomic E-state index is 0.308. The first kappa shape index (κ1) is 19.8. The molecule has 0 saturated carbocycles. The molecule has 4 rings (SSSR count). The second kappa shape index (κ2) is 8.51. The summed E-state index contributed by atoms with van der Waals surface area (Å²) in [6, 6.07) is 12.9. The van der Waals surface area contributed by atoms with E-state index in [9.17, 15) is 9.18 Å². The van der Waals surface area contributed by atoms with Crippen LogP contribution in [0.1, 0.15) is 33.4 Å². The first-order valence-electron chi connectivity index (χ1n) is 9.30. The van der Waals surface area contributed by atoms with E-state index >= 15 is 0 Å². The molecule has 0 bridgehead atoms. The van der Waals surface area contributed by atoms with Gasteiger partial charge in [-0.1, -0.05) is 41.9 Å². The van der Waals surface area contributed by atoms with E-state index in [0.717, 1.165) is 11.1 Å². The highest BCUT2D eigenvalue weighted by molar-refractivity contribution is 6.31. The fraction of sp³-hybridized carbons (Fsp3) is 0.136. The summed E-state index contributed by atoms with van der Waals surface area (Å²) in [6.45, 7) is 0.452. The lowest BCUT2D eigenvalue weighted by Gasteiger charge is -2.19. The molecule has 0 radical (unpaired) electrons. The lowest BCUT2D eigenvalue weighted by Crippen LogP contribution is -2.31. The molecule has 0 fully saturated rings. The van der Waals surface area contributed by atoms with Crippen LogP contribution in [0.2, 0.25) is 5.02 Å². The molecular weight excluding hydrogens is 405 g/mol. The van der Waals surface area contributed by atoms with Crippen molar-refractivity contribution in [1.82, 2.24) is 24.6 Å². The van der Waals surface area contributed by atoms with E-state index in [4.69, 9.17) is 11.6 Å². The zero-order chi connectivity index (χ0) is 21.1. The Balaban J connectivity index is 1.56. The van der Waals surface area contributed by atoms with Crippen molar-refractivity contribution in [3.8, 4) is 0 Å². The van der Waals surface area contributed by atoms with Gasteiger partial charge in [-0.2, -0.15) is 5.10 Å². The molecule has 0 aliphatic carbocycles. The molecule has 2 aromatic carbocycles. The molecule has 8 heteroatoms. The van der Waals surface area contributed by atoms with Crippen LogP contribution in [-0.2, 0) is 13.6 Å². The van der Waals surface area contributed by atoms with Crippen LogP contribution in [0.15, 0.2) is 73.3 Å². The Kier molecular flexibility index (Phi) is 5.63. The van der Waals surface area contributed by atoms with Crippen molar-refractivity contribution < 1.29 is 9.18 Å². The van der Waals surface area contributed by atoms with Crippen LogP contribution >= 0.6 is 11.6 Å². The molecule has 0 aliphatic heterocycles. The number of hydrogen-bond acceptors (Lipinski definition) is 3. The fourth-order valence-electron chi connectivity index (χ4n) is 3.19. The van der Waals surface area contributed by atoms with Gasteiger partial charge in [0.2, 0.25) is 0 Å². The molecular formula is C22H19ClFN5O. The van der Waals surface area contributed by atoms with Gasteiger partial charge in [-0.3, -0.25) is 9.48 Å². The van der Waals surface area contributed by atoms with E-state index in [0.29, 0.717) is 23.0 Å². The average Bonchev–Trinajstić information content (AvgIpc) is 3.38. The van der Waals surface area contributed by atoms with Crippen molar-refractivity contribution in [3.63, 3.8) is 0 Å². The number of carbonyl (C=O) groups excluding carboxylic acids is 1. The molecule has 0 spiro atoms. The summed E-state index contributed by atoms with van der Waals surface area (Å²) in [5.41, 5.74) is 2.04. The number of nitrogens with zero attached hydrogens (tertiary/aromatic N) is 4. The van der Waals surface area contributed by atoms with Crippen LogP contribution in [0.25, 0.3) is 0 Å². The Hall–Kier alpha value is -3.45. The van der Waals surface area contributed by atoms with Crippen molar-refractivity contribution >= 4 is 17.5 Å². The van der Waals surface area contributed by atoms with E-state index in [1.807, 2.05) is 35.9 Å². The molecule has 0 aliphatic rings. The van der Waals surface area contributed by atoms with Crippen LogP contribution < -0.4 is 5.32 Å². The molecule has 1 unspecified atom stereocenters. The zero-order valence-electron chi connectivity index (χ0n) is 16.2. The second-order valence-electron chi connectivity index (χ2n) is 6.87. The van der Waals surface area contributed by atoms with Crippen molar-refractivity contribution in [2.45, 2.75) is 12.6 Å². The second-order valence-corrected chi connectivity index (χ2v) is 7.28. The van der Waals surface area contributed by atoms with E-state index in [2.05, 4.69) is 15.4 Å². The van der Waals surface area contributed by atoms with Crippen molar-refractivity contribution in [1.29, 1.82) is 0 Å². The molecule has 1 atom stereocenters. The number of amides is 1. The first-order valence-corrected chi connectivity index (χ1v) is 9.68. The van der Waals surface area contributed by atoms with Crippen LogP contribution in [0.4, 0.5) is 4.39 Å². The Bertz CT molecular complexity index is 1170. The fourth-order valence-corrected chi connectivity index (χ4v) is 3.39. The maximum Gasteiger partial charge on any atom is 0.255 e. The number of rotatable bonds is 6. The monoisotopic (exact) mass is 423 g/mol. The van der Waals surface area contributed by atoms with E-state index in [-0.39, 0.29) is 11.7 Å². The highest BCUT2D eigenvalue weighted by Gasteiger charge is 2.22. The summed E-state index contributed by atoms with van der Waals surface area (Å²) >= 11 is 6.21. The molecule has 152 valence electrons. The van der Waals surface area contributed by atoms with Gasteiger partial charge in [0.05, 0.1) is 18.3 Å². The maximum absolute atomic E-state index is 13.4. The van der Waals surface area contributed by atoms with Gasteiger partial charge in [-0.05, 0) is 29.3 Å². The molecule has 30 heavy (non-hydrogen) atoms. The van der Waals surface area contributed by atoms with E-state index in [1.165, 1.54) is 18.3 Å². The number of aryl methyl sites for hydroxylation is 1. The van der Waals surface area contributed by atoms with E-state index < -0.39 is 6.04 Å². The molecule has 1 N–H and O–H groups in total. The van der Waals surface area contributed by atoms with Crippen LogP contribution in [0, 0.1) is 5.82 Å². The number of benzene rings is 2. The van der Waals surface area contributed by atoms with Gasteiger partial charge in [-0.15, -0.1) is 0 Å². The minimum atomic E-state index is -0.537. The largest absolute Gasteiger partial charge is 0.338 e. The van der Waals surface area contributed by atoms with Crippen molar-refractivity contribution in [2.75, 3.05) is 0 Å². The number of carbonyl (C=O) groups is 1. The van der Waals surface area contributed by atoms with Crippen molar-refractivity contribution in [3.05, 3.63) is 107 Å². The molecule has 1 amide bonds. The van der Waals surface area contributed by atoms with Gasteiger partial charge >= 0.3 is 0 Å². The third kappa shape index (κ3) is 4.26. The summed E-state index contributed by atoms with van der Waals surface area (Å²) < 4.78 is 16.9. The Morgan fingerprint density at radius 2 is 1.97 bits per heavy atom. The zero-order valence-corrected chi connectivity index (χ0v) is 16.9. The van der Waals surface area contributed by atoms with Gasteiger partial charge in [0, 0.05) is 30.7 Å². The Labute approximate surface area is 177 Å². The third-order valence-corrected chi connectivity index (χ3v) is 5.15. The normalized spacial score (nSPS) is 12.0. The summed E-state index contributed by atoms with van der Waals surface area (Å²) in [5, 5.41) is 7.89. The number of hydrogen-bond donors (Lipinski definition) is 1. The predicted octanol–water partition coefficient (Wildman–Crippen LogP) is 3.98. The van der Waals surface area contributed by atoms with Gasteiger partial charge in [0.25, 0.3) is 5.91 Å².